The molecule has 1 amide bonds. The summed E-state index contributed by atoms with van der Waals surface area (Å²) in [4.78, 5) is 39.4. The molecule has 0 aliphatic heterocycles. The highest BCUT2D eigenvalue weighted by molar-refractivity contribution is 7.98. The second-order valence-corrected chi connectivity index (χ2v) is 14.7. The lowest BCUT2D eigenvalue weighted by Gasteiger charge is -2.13. The van der Waals surface area contributed by atoms with Crippen molar-refractivity contribution in [3.63, 3.8) is 0 Å². The van der Waals surface area contributed by atoms with Gasteiger partial charge in [-0.1, -0.05) is 65.3 Å². The Morgan fingerprint density at radius 3 is 2.60 bits per heavy atom. The number of aryl methyl sites for hydroxylation is 2. The van der Waals surface area contributed by atoms with Gasteiger partial charge in [-0.3, -0.25) is 19.5 Å². The zero-order valence-electron chi connectivity index (χ0n) is 23.9. The van der Waals surface area contributed by atoms with Gasteiger partial charge in [0, 0.05) is 43.7 Å². The van der Waals surface area contributed by atoms with Crippen LogP contribution in [-0.2, 0) is 25.0 Å². The predicted molar refractivity (Wildman–Crippen MR) is 187 cm³/mol. The van der Waals surface area contributed by atoms with Gasteiger partial charge in [-0.15, -0.1) is 22.7 Å². The number of thioether (sulfide) groups is 1. The highest BCUT2D eigenvalue weighted by Gasteiger charge is 2.23. The summed E-state index contributed by atoms with van der Waals surface area (Å²) in [5, 5.41) is 6.12. The lowest BCUT2D eigenvalue weighted by atomic mass is 9.97. The molecular weight excluding hydrogens is 664 g/mol. The lowest BCUT2D eigenvalue weighted by Crippen LogP contribution is -2.22. The Bertz CT molecular complexity index is 2090. The van der Waals surface area contributed by atoms with Crippen molar-refractivity contribution in [2.75, 3.05) is 5.32 Å². The lowest BCUT2D eigenvalue weighted by molar-refractivity contribution is 0.102. The second kappa shape index (κ2) is 13.1. The number of nitrogens with zero attached hydrogens (tertiary/aromatic N) is 3. The molecule has 1 aliphatic carbocycles. The Morgan fingerprint density at radius 2 is 1.78 bits per heavy atom. The zero-order valence-corrected chi connectivity index (χ0v) is 27.8. The van der Waals surface area contributed by atoms with E-state index in [0.29, 0.717) is 38.1 Å². The van der Waals surface area contributed by atoms with E-state index in [2.05, 4.69) is 10.3 Å². The fourth-order valence-corrected chi connectivity index (χ4v) is 8.95. The highest BCUT2D eigenvalue weighted by Crippen LogP contribution is 2.36. The second-order valence-electron chi connectivity index (χ2n) is 10.7. The maximum Gasteiger partial charge on any atom is 0.267 e. The quantitative estimate of drug-likeness (QED) is 0.127. The van der Waals surface area contributed by atoms with E-state index in [1.165, 1.54) is 33.5 Å². The smallest absolute Gasteiger partial charge is 0.267 e. The molecule has 3 aromatic carbocycles. The van der Waals surface area contributed by atoms with E-state index in [-0.39, 0.29) is 11.5 Å². The number of carbonyl (C=O) groups excluding carboxylic acids is 1. The molecule has 0 bridgehead atoms. The van der Waals surface area contributed by atoms with Crippen LogP contribution in [0.2, 0.25) is 10.0 Å². The van der Waals surface area contributed by atoms with E-state index in [1.54, 1.807) is 46.4 Å². The van der Waals surface area contributed by atoms with Gasteiger partial charge in [0.25, 0.3) is 11.5 Å². The monoisotopic (exact) mass is 688 g/mol. The Morgan fingerprint density at radius 1 is 0.978 bits per heavy atom. The van der Waals surface area contributed by atoms with Crippen LogP contribution in [0, 0.1) is 0 Å². The average molecular weight is 690 g/mol. The summed E-state index contributed by atoms with van der Waals surface area (Å²) >= 11 is 17.0. The molecular formula is C34H26Cl2N4O2S3. The first-order chi connectivity index (χ1) is 21.9. The van der Waals surface area contributed by atoms with Gasteiger partial charge in [-0.25, -0.2) is 9.97 Å². The third-order valence-corrected chi connectivity index (χ3v) is 11.4. The van der Waals surface area contributed by atoms with Crippen molar-refractivity contribution >= 4 is 78.9 Å². The van der Waals surface area contributed by atoms with Gasteiger partial charge in [0.1, 0.15) is 4.83 Å². The fourth-order valence-electron chi connectivity index (χ4n) is 5.47. The molecule has 7 rings (SSSR count). The van der Waals surface area contributed by atoms with Crippen LogP contribution in [0.15, 0.2) is 88.9 Å². The number of benzene rings is 3. The number of thiophene rings is 1. The third kappa shape index (κ3) is 6.46. The van der Waals surface area contributed by atoms with Crippen LogP contribution in [0.3, 0.4) is 0 Å². The summed E-state index contributed by atoms with van der Waals surface area (Å²) in [5.41, 5.74) is 4.45. The first kappa shape index (κ1) is 30.2. The minimum atomic E-state index is -0.234. The van der Waals surface area contributed by atoms with Crippen molar-refractivity contribution in [2.24, 2.45) is 0 Å². The highest BCUT2D eigenvalue weighted by atomic mass is 35.5. The number of hydrogen-bond donors (Lipinski definition) is 1. The molecule has 0 radical (unpaired) electrons. The summed E-state index contributed by atoms with van der Waals surface area (Å²) in [7, 11) is 0. The number of nitrogens with one attached hydrogen (secondary N) is 1. The topological polar surface area (TPSA) is 76.9 Å². The number of para-hydroxylation sites is 1. The molecule has 6 aromatic rings. The minimum Gasteiger partial charge on any atom is -0.298 e. The molecule has 6 nitrogen and oxygen atoms in total. The number of aromatic nitrogens is 3. The van der Waals surface area contributed by atoms with Crippen LogP contribution in [0.4, 0.5) is 5.13 Å². The molecule has 0 saturated carbocycles. The van der Waals surface area contributed by atoms with Crippen LogP contribution >= 0.6 is 57.6 Å². The van der Waals surface area contributed by atoms with Gasteiger partial charge in [0.15, 0.2) is 10.3 Å². The van der Waals surface area contributed by atoms with Gasteiger partial charge in [-0.05, 0) is 84.8 Å². The molecule has 11 heteroatoms. The molecule has 0 spiro atoms. The Labute approximate surface area is 282 Å². The fraction of sp³-hybridized carbons (Fsp3) is 0.176. The molecule has 0 saturated heterocycles. The third-order valence-electron chi connectivity index (χ3n) is 7.70. The van der Waals surface area contributed by atoms with Crippen LogP contribution in [-0.4, -0.2) is 20.4 Å². The van der Waals surface area contributed by atoms with E-state index in [0.717, 1.165) is 57.6 Å². The first-order valence-electron chi connectivity index (χ1n) is 14.5. The Hall–Kier alpha value is -3.47. The Kier molecular flexibility index (Phi) is 8.79. The number of hydrogen-bond acceptors (Lipinski definition) is 7. The van der Waals surface area contributed by atoms with Gasteiger partial charge in [0.2, 0.25) is 0 Å². The molecule has 3 heterocycles. The van der Waals surface area contributed by atoms with Crippen molar-refractivity contribution in [1.82, 2.24) is 14.5 Å². The number of rotatable bonds is 8. The number of fused-ring (bicyclic) bond motifs is 3. The van der Waals surface area contributed by atoms with Crippen LogP contribution in [0.5, 0.6) is 0 Å². The summed E-state index contributed by atoms with van der Waals surface area (Å²) in [6.07, 6.45) is 6.54. The summed E-state index contributed by atoms with van der Waals surface area (Å²) < 4.78 is 1.75. The minimum absolute atomic E-state index is 0.00104. The first-order valence-corrected chi connectivity index (χ1v) is 17.8. The van der Waals surface area contributed by atoms with Crippen molar-refractivity contribution in [3.8, 4) is 5.69 Å². The van der Waals surface area contributed by atoms with Crippen molar-refractivity contribution in [1.29, 1.82) is 0 Å². The molecule has 0 unspecified atom stereocenters. The molecule has 0 atom stereocenters. The Balaban J connectivity index is 1.06. The largest absolute Gasteiger partial charge is 0.298 e. The molecule has 226 valence electrons. The van der Waals surface area contributed by atoms with Gasteiger partial charge in [-0.2, -0.15) is 0 Å². The zero-order chi connectivity index (χ0) is 30.9. The predicted octanol–water partition coefficient (Wildman–Crippen LogP) is 9.22. The summed E-state index contributed by atoms with van der Waals surface area (Å²) in [6, 6.07) is 22.6. The average Bonchev–Trinajstić information content (AvgIpc) is 3.66. The van der Waals surface area contributed by atoms with E-state index in [1.807, 2.05) is 48.5 Å². The van der Waals surface area contributed by atoms with E-state index in [9.17, 15) is 9.59 Å². The number of anilines is 1. The van der Waals surface area contributed by atoms with Crippen LogP contribution in [0.25, 0.3) is 15.9 Å². The molecule has 0 fully saturated rings. The van der Waals surface area contributed by atoms with Crippen LogP contribution < -0.4 is 10.9 Å². The standard InChI is InChI=1S/C34H26Cl2N4O2S3/c35-23-14-15-27(36)22(16-23)17-25-18-37-33(44-25)38-30(41)21-12-10-20(11-13-21)19-43-34-39-31-29(26-8-4-5-9-28(26)45-31)32(42)40(34)24-6-2-1-3-7-24/h1-3,6-7,10-16,18H,4-5,8-9,17,19H2,(H,37,38,41). The van der Waals surface area contributed by atoms with E-state index in [4.69, 9.17) is 28.2 Å². The molecule has 45 heavy (non-hydrogen) atoms. The van der Waals surface area contributed by atoms with Crippen molar-refractivity contribution in [3.05, 3.63) is 131 Å². The van der Waals surface area contributed by atoms with Gasteiger partial charge < -0.3 is 0 Å². The number of amides is 1. The van der Waals surface area contributed by atoms with Gasteiger partial charge in [0.05, 0.1) is 11.1 Å². The SMILES string of the molecule is O=C(Nc1ncc(Cc2cc(Cl)ccc2Cl)s1)c1ccc(CSc2nc3sc4c(c3c(=O)n2-c2ccccc2)CCCC4)cc1. The van der Waals surface area contributed by atoms with Gasteiger partial charge >= 0.3 is 0 Å². The van der Waals surface area contributed by atoms with E-state index >= 15 is 0 Å². The molecule has 1 N–H and O–H groups in total. The normalized spacial score (nSPS) is 12.8. The number of thiazole rings is 1. The summed E-state index contributed by atoms with van der Waals surface area (Å²) in [5.74, 6) is 0.363. The summed E-state index contributed by atoms with van der Waals surface area (Å²) in [6.45, 7) is 0. The molecule has 3 aromatic heterocycles. The maximum absolute atomic E-state index is 13.9. The number of carbonyl (C=O) groups is 1. The van der Waals surface area contributed by atoms with Crippen molar-refractivity contribution < 1.29 is 4.79 Å². The van der Waals surface area contributed by atoms with Crippen molar-refractivity contribution in [2.45, 2.75) is 43.0 Å². The number of halogens is 2. The maximum atomic E-state index is 13.9. The molecule has 1 aliphatic rings. The van der Waals surface area contributed by atoms with Crippen LogP contribution in [0.1, 0.15) is 49.6 Å². The van der Waals surface area contributed by atoms with E-state index < -0.39 is 0 Å².